The summed E-state index contributed by atoms with van der Waals surface area (Å²) in [5.41, 5.74) is 1.14. The number of nitrogens with zero attached hydrogens (tertiary/aromatic N) is 1. The van der Waals surface area contributed by atoms with Gasteiger partial charge in [-0.2, -0.15) is 4.58 Å². The summed E-state index contributed by atoms with van der Waals surface area (Å²) in [7, 11) is 0. The lowest BCUT2D eigenvalue weighted by molar-refractivity contribution is -0.478. The molecule has 0 bridgehead atoms. The molecule has 1 aliphatic rings. The Hall–Kier alpha value is -1.84. The first kappa shape index (κ1) is 12.6. The minimum Gasteiger partial charge on any atom is -0.454 e. The number of hydrogen-bond acceptors (Lipinski definition) is 3. The van der Waals surface area contributed by atoms with Gasteiger partial charge in [0.25, 0.3) is 0 Å². The first-order chi connectivity index (χ1) is 8.61. The predicted octanol–water partition coefficient (Wildman–Crippen LogP) is 2.00. The molecule has 0 fully saturated rings. The van der Waals surface area contributed by atoms with Gasteiger partial charge in [0.05, 0.1) is 6.92 Å². The zero-order valence-electron chi connectivity index (χ0n) is 11.0. The van der Waals surface area contributed by atoms with Crippen LogP contribution in [0.3, 0.4) is 0 Å². The SMILES string of the molecule is CC=[N+](C(C)=O)C(C)Cc1ccc2c(c1)OCO2. The molecule has 1 amide bonds. The molecule has 0 spiro atoms. The molecule has 1 aliphatic heterocycles. The monoisotopic (exact) mass is 248 g/mol. The zero-order chi connectivity index (χ0) is 13.1. The van der Waals surface area contributed by atoms with Crippen LogP contribution in [0.2, 0.25) is 0 Å². The van der Waals surface area contributed by atoms with Gasteiger partial charge in [-0.3, -0.25) is 0 Å². The van der Waals surface area contributed by atoms with E-state index in [1.165, 1.54) is 0 Å². The van der Waals surface area contributed by atoms with Crippen molar-refractivity contribution in [1.82, 2.24) is 0 Å². The molecule has 0 aromatic heterocycles. The fourth-order valence-corrected chi connectivity index (χ4v) is 2.25. The molecule has 1 aromatic carbocycles. The quantitative estimate of drug-likeness (QED) is 0.606. The maximum Gasteiger partial charge on any atom is 0.383 e. The van der Waals surface area contributed by atoms with Crippen LogP contribution in [0.25, 0.3) is 0 Å². The van der Waals surface area contributed by atoms with Crippen LogP contribution in [0.5, 0.6) is 11.5 Å². The molecule has 1 heterocycles. The Morgan fingerprint density at radius 1 is 1.44 bits per heavy atom. The van der Waals surface area contributed by atoms with Crippen LogP contribution < -0.4 is 9.47 Å². The normalized spacial score (nSPS) is 15.6. The van der Waals surface area contributed by atoms with Gasteiger partial charge in [0.2, 0.25) is 6.79 Å². The first-order valence-corrected chi connectivity index (χ1v) is 6.08. The van der Waals surface area contributed by atoms with Gasteiger partial charge in [0.15, 0.2) is 17.5 Å². The third-order valence-corrected chi connectivity index (χ3v) is 3.08. The minimum atomic E-state index is 0.0609. The average Bonchev–Trinajstić information content (AvgIpc) is 2.76. The number of carbonyl (C=O) groups is 1. The summed E-state index contributed by atoms with van der Waals surface area (Å²) in [4.78, 5) is 11.4. The van der Waals surface area contributed by atoms with Crippen LogP contribution in [-0.2, 0) is 11.2 Å². The molecular weight excluding hydrogens is 230 g/mol. The summed E-state index contributed by atoms with van der Waals surface area (Å²) in [5.74, 6) is 1.64. The second kappa shape index (κ2) is 5.21. The van der Waals surface area contributed by atoms with Gasteiger partial charge in [0.1, 0.15) is 6.21 Å². The van der Waals surface area contributed by atoms with Crippen molar-refractivity contribution in [2.75, 3.05) is 6.79 Å². The predicted molar refractivity (Wildman–Crippen MR) is 68.4 cm³/mol. The van der Waals surface area contributed by atoms with Gasteiger partial charge in [-0.05, 0) is 24.6 Å². The van der Waals surface area contributed by atoms with Gasteiger partial charge < -0.3 is 9.47 Å². The summed E-state index contributed by atoms with van der Waals surface area (Å²) in [6.45, 7) is 5.77. The number of rotatable bonds is 3. The maximum absolute atomic E-state index is 11.4. The topological polar surface area (TPSA) is 38.5 Å². The molecular formula is C14H18NO3+. The van der Waals surface area contributed by atoms with Crippen molar-refractivity contribution in [2.45, 2.75) is 33.2 Å². The Balaban J connectivity index is 2.12. The van der Waals surface area contributed by atoms with Crippen LogP contribution in [0, 0.1) is 0 Å². The molecule has 1 atom stereocenters. The molecule has 4 heteroatoms. The highest BCUT2D eigenvalue weighted by Gasteiger charge is 2.21. The highest BCUT2D eigenvalue weighted by molar-refractivity contribution is 5.69. The number of hydrogen-bond donors (Lipinski definition) is 0. The fourth-order valence-electron chi connectivity index (χ4n) is 2.25. The second-order valence-corrected chi connectivity index (χ2v) is 4.43. The number of ether oxygens (including phenoxy) is 2. The van der Waals surface area contributed by atoms with E-state index >= 15 is 0 Å². The molecule has 4 nitrogen and oxygen atoms in total. The fraction of sp³-hybridized carbons (Fsp3) is 0.429. The zero-order valence-corrected chi connectivity index (χ0v) is 11.0. The van der Waals surface area contributed by atoms with E-state index in [0.717, 1.165) is 23.5 Å². The van der Waals surface area contributed by atoms with E-state index in [1.54, 1.807) is 11.5 Å². The largest absolute Gasteiger partial charge is 0.454 e. The second-order valence-electron chi connectivity index (χ2n) is 4.43. The highest BCUT2D eigenvalue weighted by Crippen LogP contribution is 2.32. The van der Waals surface area contributed by atoms with E-state index in [0.29, 0.717) is 0 Å². The molecule has 96 valence electrons. The van der Waals surface area contributed by atoms with E-state index in [9.17, 15) is 4.79 Å². The average molecular weight is 248 g/mol. The highest BCUT2D eigenvalue weighted by atomic mass is 16.7. The molecule has 1 aromatic rings. The standard InChI is InChI=1S/C14H18NO3/c1-4-15(11(3)16)10(2)7-12-5-6-13-14(8-12)18-9-17-13/h4-6,8,10H,7,9H2,1-3H3/q+1. The maximum atomic E-state index is 11.4. The van der Waals surface area contributed by atoms with Crippen LogP contribution in [0.4, 0.5) is 0 Å². The van der Waals surface area contributed by atoms with Crippen molar-refractivity contribution in [1.29, 1.82) is 0 Å². The van der Waals surface area contributed by atoms with E-state index < -0.39 is 0 Å². The lowest BCUT2D eigenvalue weighted by Gasteiger charge is -2.09. The molecule has 18 heavy (non-hydrogen) atoms. The lowest BCUT2D eigenvalue weighted by Crippen LogP contribution is -2.30. The Morgan fingerprint density at radius 3 is 2.83 bits per heavy atom. The van der Waals surface area contributed by atoms with Crippen molar-refractivity contribution < 1.29 is 18.8 Å². The Kier molecular flexibility index (Phi) is 3.65. The van der Waals surface area contributed by atoms with Gasteiger partial charge in [-0.15, -0.1) is 0 Å². The summed E-state index contributed by atoms with van der Waals surface area (Å²) in [5, 5.41) is 0. The Labute approximate surface area is 107 Å². The molecule has 0 aliphatic carbocycles. The van der Waals surface area contributed by atoms with E-state index in [-0.39, 0.29) is 18.7 Å². The van der Waals surface area contributed by atoms with Crippen molar-refractivity contribution in [3.8, 4) is 11.5 Å². The molecule has 0 saturated heterocycles. The third-order valence-electron chi connectivity index (χ3n) is 3.08. The van der Waals surface area contributed by atoms with Crippen molar-refractivity contribution in [2.24, 2.45) is 0 Å². The smallest absolute Gasteiger partial charge is 0.383 e. The van der Waals surface area contributed by atoms with Crippen LogP contribution >= 0.6 is 0 Å². The van der Waals surface area contributed by atoms with Crippen LogP contribution in [0.1, 0.15) is 26.3 Å². The van der Waals surface area contributed by atoms with E-state index in [1.807, 2.05) is 38.3 Å². The number of benzene rings is 1. The molecule has 1 unspecified atom stereocenters. The van der Waals surface area contributed by atoms with E-state index in [2.05, 4.69) is 0 Å². The lowest BCUT2D eigenvalue weighted by atomic mass is 10.1. The summed E-state index contributed by atoms with van der Waals surface area (Å²) < 4.78 is 12.4. The van der Waals surface area contributed by atoms with Crippen molar-refractivity contribution >= 4 is 12.1 Å². The summed E-state index contributed by atoms with van der Waals surface area (Å²) in [6, 6.07) is 6.04. The number of carbonyl (C=O) groups excluding carboxylic acids is 1. The molecule has 0 radical (unpaired) electrons. The van der Waals surface area contributed by atoms with Crippen LogP contribution in [-0.4, -0.2) is 29.5 Å². The van der Waals surface area contributed by atoms with Crippen molar-refractivity contribution in [3.63, 3.8) is 0 Å². The Morgan fingerprint density at radius 2 is 2.17 bits per heavy atom. The molecule has 2 rings (SSSR count). The van der Waals surface area contributed by atoms with Gasteiger partial charge in [-0.25, -0.2) is 4.79 Å². The first-order valence-electron chi connectivity index (χ1n) is 6.08. The van der Waals surface area contributed by atoms with Crippen LogP contribution in [0.15, 0.2) is 18.2 Å². The van der Waals surface area contributed by atoms with Gasteiger partial charge >= 0.3 is 5.91 Å². The Bertz CT molecular complexity index is 494. The minimum absolute atomic E-state index is 0.0609. The van der Waals surface area contributed by atoms with Gasteiger partial charge in [-0.1, -0.05) is 6.07 Å². The molecule has 0 N–H and O–H groups in total. The van der Waals surface area contributed by atoms with Gasteiger partial charge in [0, 0.05) is 13.3 Å². The number of amides is 1. The van der Waals surface area contributed by atoms with Crippen molar-refractivity contribution in [3.05, 3.63) is 23.8 Å². The number of fused-ring (bicyclic) bond motifs is 1. The third kappa shape index (κ3) is 2.53. The molecule has 0 saturated carbocycles. The van der Waals surface area contributed by atoms with E-state index in [4.69, 9.17) is 9.47 Å². The summed E-state index contributed by atoms with van der Waals surface area (Å²) in [6.07, 6.45) is 2.61. The summed E-state index contributed by atoms with van der Waals surface area (Å²) >= 11 is 0.